The second-order valence-electron chi connectivity index (χ2n) is 4.23. The van der Waals surface area contributed by atoms with Gasteiger partial charge in [-0.3, -0.25) is 0 Å². The molecular formula is C13H21OSi. The minimum Gasteiger partial charge on any atom is -0.542 e. The molecule has 1 aromatic rings. The molecule has 0 aliphatic carbocycles. The van der Waals surface area contributed by atoms with Gasteiger partial charge in [0.2, 0.25) is 0 Å². The van der Waals surface area contributed by atoms with Crippen LogP contribution < -0.4 is 4.43 Å². The first-order valence-corrected chi connectivity index (χ1v) is 8.12. The number of rotatable bonds is 5. The number of unbranched alkanes of at least 4 members (excludes halogenated alkanes) is 1. The van der Waals surface area contributed by atoms with Crippen molar-refractivity contribution in [2.75, 3.05) is 0 Å². The summed E-state index contributed by atoms with van der Waals surface area (Å²) in [5.74, 6) is 1.10. The van der Waals surface area contributed by atoms with Crippen molar-refractivity contribution in [3.05, 3.63) is 29.3 Å². The molecule has 0 amide bonds. The number of aryl methyl sites for hydroxylation is 2. The minimum atomic E-state index is -0.646. The SMILES string of the molecule is CCCCc1cc(C)ccc1O[Si](C)C. The predicted molar refractivity (Wildman–Crippen MR) is 67.9 cm³/mol. The first-order chi connectivity index (χ1) is 7.13. The highest BCUT2D eigenvalue weighted by Crippen LogP contribution is 2.22. The highest BCUT2D eigenvalue weighted by atomic mass is 28.3. The van der Waals surface area contributed by atoms with Crippen molar-refractivity contribution in [3.63, 3.8) is 0 Å². The Labute approximate surface area is 95.2 Å². The third-order valence-corrected chi connectivity index (χ3v) is 2.96. The molecule has 83 valence electrons. The van der Waals surface area contributed by atoms with Crippen molar-refractivity contribution in [2.24, 2.45) is 0 Å². The van der Waals surface area contributed by atoms with Crippen LogP contribution in [0.2, 0.25) is 13.1 Å². The van der Waals surface area contributed by atoms with Crippen molar-refractivity contribution in [2.45, 2.75) is 46.2 Å². The summed E-state index contributed by atoms with van der Waals surface area (Å²) in [5, 5.41) is 0. The molecule has 0 heterocycles. The molecule has 1 rings (SSSR count). The molecule has 0 saturated heterocycles. The van der Waals surface area contributed by atoms with Crippen LogP contribution in [0.25, 0.3) is 0 Å². The molecule has 15 heavy (non-hydrogen) atoms. The van der Waals surface area contributed by atoms with Crippen molar-refractivity contribution in [1.82, 2.24) is 0 Å². The van der Waals surface area contributed by atoms with Gasteiger partial charge in [-0.25, -0.2) is 0 Å². The van der Waals surface area contributed by atoms with Crippen LogP contribution in [-0.4, -0.2) is 9.04 Å². The fourth-order valence-electron chi connectivity index (χ4n) is 1.59. The molecule has 2 heteroatoms. The van der Waals surface area contributed by atoms with Crippen LogP contribution in [0.4, 0.5) is 0 Å². The Hall–Kier alpha value is -0.763. The molecule has 0 fully saturated rings. The Morgan fingerprint density at radius 2 is 2.00 bits per heavy atom. The van der Waals surface area contributed by atoms with E-state index < -0.39 is 9.04 Å². The highest BCUT2D eigenvalue weighted by molar-refractivity contribution is 6.49. The maximum Gasteiger partial charge on any atom is 0.274 e. The van der Waals surface area contributed by atoms with E-state index in [0.717, 1.165) is 12.2 Å². The van der Waals surface area contributed by atoms with E-state index >= 15 is 0 Å². The summed E-state index contributed by atoms with van der Waals surface area (Å²) in [6.45, 7) is 8.72. The van der Waals surface area contributed by atoms with Gasteiger partial charge in [0.1, 0.15) is 5.75 Å². The van der Waals surface area contributed by atoms with Gasteiger partial charge in [0.25, 0.3) is 9.04 Å². The van der Waals surface area contributed by atoms with Crippen molar-refractivity contribution >= 4 is 9.04 Å². The van der Waals surface area contributed by atoms with Gasteiger partial charge in [-0.05, 0) is 44.5 Å². The molecule has 0 N–H and O–H groups in total. The standard InChI is InChI=1S/C13H21OSi/c1-5-6-7-12-10-11(2)8-9-13(12)14-15(3)4/h8-10H,5-7H2,1-4H3. The van der Waals surface area contributed by atoms with E-state index in [2.05, 4.69) is 45.1 Å². The van der Waals surface area contributed by atoms with Gasteiger partial charge in [-0.1, -0.05) is 31.0 Å². The van der Waals surface area contributed by atoms with E-state index in [4.69, 9.17) is 4.43 Å². The van der Waals surface area contributed by atoms with Crippen LogP contribution in [0.15, 0.2) is 18.2 Å². The van der Waals surface area contributed by atoms with Gasteiger partial charge in [0.05, 0.1) is 0 Å². The summed E-state index contributed by atoms with van der Waals surface area (Å²) in [7, 11) is -0.646. The summed E-state index contributed by atoms with van der Waals surface area (Å²) in [6.07, 6.45) is 3.63. The topological polar surface area (TPSA) is 9.23 Å². The molecule has 0 atom stereocenters. The van der Waals surface area contributed by atoms with Gasteiger partial charge in [0.15, 0.2) is 0 Å². The fourth-order valence-corrected chi connectivity index (χ4v) is 2.23. The monoisotopic (exact) mass is 221 g/mol. The predicted octanol–water partition coefficient (Wildman–Crippen LogP) is 3.97. The zero-order valence-electron chi connectivity index (χ0n) is 10.3. The van der Waals surface area contributed by atoms with E-state index in [9.17, 15) is 0 Å². The number of benzene rings is 1. The molecular weight excluding hydrogens is 200 g/mol. The zero-order valence-corrected chi connectivity index (χ0v) is 11.3. The van der Waals surface area contributed by atoms with Gasteiger partial charge in [0, 0.05) is 0 Å². The highest BCUT2D eigenvalue weighted by Gasteiger charge is 2.06. The molecule has 0 aliphatic heterocycles. The average molecular weight is 221 g/mol. The molecule has 0 aromatic heterocycles. The summed E-state index contributed by atoms with van der Waals surface area (Å²) in [6, 6.07) is 6.52. The van der Waals surface area contributed by atoms with Crippen molar-refractivity contribution in [3.8, 4) is 5.75 Å². The lowest BCUT2D eigenvalue weighted by molar-refractivity contribution is 0.568. The normalized spacial score (nSPS) is 10.7. The lowest BCUT2D eigenvalue weighted by Crippen LogP contribution is -2.12. The summed E-state index contributed by atoms with van der Waals surface area (Å²) in [4.78, 5) is 0. The third-order valence-electron chi connectivity index (χ3n) is 2.33. The van der Waals surface area contributed by atoms with Crippen LogP contribution >= 0.6 is 0 Å². The second-order valence-corrected chi connectivity index (χ2v) is 6.25. The molecule has 0 bridgehead atoms. The summed E-state index contributed by atoms with van der Waals surface area (Å²) in [5.41, 5.74) is 2.71. The van der Waals surface area contributed by atoms with E-state index in [1.54, 1.807) is 0 Å². The Bertz CT molecular complexity index is 307. The Morgan fingerprint density at radius 1 is 1.27 bits per heavy atom. The molecule has 1 radical (unpaired) electrons. The largest absolute Gasteiger partial charge is 0.542 e. The summed E-state index contributed by atoms with van der Waals surface area (Å²) >= 11 is 0. The molecule has 1 aromatic carbocycles. The first-order valence-electron chi connectivity index (χ1n) is 5.71. The van der Waals surface area contributed by atoms with Crippen LogP contribution in [0.3, 0.4) is 0 Å². The van der Waals surface area contributed by atoms with Gasteiger partial charge >= 0.3 is 0 Å². The van der Waals surface area contributed by atoms with Crippen LogP contribution in [-0.2, 0) is 6.42 Å². The Balaban J connectivity index is 2.82. The fraction of sp³-hybridized carbons (Fsp3) is 0.538. The van der Waals surface area contributed by atoms with E-state index in [1.165, 1.54) is 24.0 Å². The van der Waals surface area contributed by atoms with E-state index in [1.807, 2.05) is 0 Å². The number of hydrogen-bond acceptors (Lipinski definition) is 1. The quantitative estimate of drug-likeness (QED) is 0.684. The molecule has 0 saturated carbocycles. The molecule has 0 unspecified atom stereocenters. The Kier molecular flexibility index (Phi) is 4.89. The molecule has 1 nitrogen and oxygen atoms in total. The minimum absolute atomic E-state index is 0.646. The number of hydrogen-bond donors (Lipinski definition) is 0. The third kappa shape index (κ3) is 4.08. The van der Waals surface area contributed by atoms with Gasteiger partial charge in [-0.15, -0.1) is 0 Å². The Morgan fingerprint density at radius 3 is 2.60 bits per heavy atom. The van der Waals surface area contributed by atoms with Gasteiger partial charge in [-0.2, -0.15) is 0 Å². The maximum absolute atomic E-state index is 5.90. The van der Waals surface area contributed by atoms with Crippen molar-refractivity contribution in [1.29, 1.82) is 0 Å². The van der Waals surface area contributed by atoms with Gasteiger partial charge < -0.3 is 4.43 Å². The first kappa shape index (κ1) is 12.3. The smallest absolute Gasteiger partial charge is 0.274 e. The van der Waals surface area contributed by atoms with Crippen molar-refractivity contribution < 1.29 is 4.43 Å². The molecule has 0 spiro atoms. The second kappa shape index (κ2) is 5.96. The van der Waals surface area contributed by atoms with Crippen LogP contribution in [0.1, 0.15) is 30.9 Å². The summed E-state index contributed by atoms with van der Waals surface area (Å²) < 4.78 is 5.90. The molecule has 0 aliphatic rings. The van der Waals surface area contributed by atoms with Crippen LogP contribution in [0, 0.1) is 6.92 Å². The van der Waals surface area contributed by atoms with E-state index in [0.29, 0.717) is 0 Å². The lowest BCUT2D eigenvalue weighted by Gasteiger charge is -2.14. The average Bonchev–Trinajstić information content (AvgIpc) is 2.18. The van der Waals surface area contributed by atoms with E-state index in [-0.39, 0.29) is 0 Å². The lowest BCUT2D eigenvalue weighted by atomic mass is 10.1. The maximum atomic E-state index is 5.90. The zero-order chi connectivity index (χ0) is 11.3. The van der Waals surface area contributed by atoms with Crippen LogP contribution in [0.5, 0.6) is 5.75 Å².